The molecule has 0 fully saturated rings. The smallest absolute Gasteiger partial charge is 0.416 e. The van der Waals surface area contributed by atoms with Crippen LogP contribution in [0.2, 0.25) is 0 Å². The van der Waals surface area contributed by atoms with Gasteiger partial charge >= 0.3 is 36.7 Å². The molecular formula is C58H74F6N6O12. The molecule has 4 aromatic carbocycles. The van der Waals surface area contributed by atoms with E-state index in [0.29, 0.717) is 60.4 Å². The molecule has 0 saturated carbocycles. The van der Waals surface area contributed by atoms with Crippen molar-refractivity contribution >= 4 is 35.7 Å². The summed E-state index contributed by atoms with van der Waals surface area (Å²) >= 11 is 0. The summed E-state index contributed by atoms with van der Waals surface area (Å²) in [5.41, 5.74) is 3.06. The first-order chi connectivity index (χ1) is 37.7. The molecule has 24 heteroatoms. The van der Waals surface area contributed by atoms with Crippen LogP contribution >= 0.6 is 0 Å². The topological polar surface area (TPSA) is 241 Å². The summed E-state index contributed by atoms with van der Waals surface area (Å²) in [5.74, 6) is 5.48. The Balaban J connectivity index is 0.000000431. The summed E-state index contributed by atoms with van der Waals surface area (Å²) in [5, 5.41) is 21.5. The number of nitrogen functional groups attached to an aromatic ring is 1. The molecule has 0 aliphatic carbocycles. The Morgan fingerprint density at radius 1 is 0.524 bits per heavy atom. The Kier molecular flexibility index (Phi) is 24.6. The van der Waals surface area contributed by atoms with E-state index >= 15 is 0 Å². The van der Waals surface area contributed by atoms with Gasteiger partial charge in [0.1, 0.15) is 45.4 Å². The highest BCUT2D eigenvalue weighted by Gasteiger charge is 2.33. The van der Waals surface area contributed by atoms with Crippen LogP contribution in [0, 0.1) is 22.0 Å². The number of benzene rings is 4. The van der Waals surface area contributed by atoms with Crippen molar-refractivity contribution < 1.29 is 78.9 Å². The molecule has 0 bridgehead atoms. The number of rotatable bonds is 18. The van der Waals surface area contributed by atoms with Crippen molar-refractivity contribution in [2.45, 2.75) is 156 Å². The van der Waals surface area contributed by atoms with E-state index in [1.807, 2.05) is 0 Å². The lowest BCUT2D eigenvalue weighted by molar-refractivity contribution is -0.384. The zero-order valence-electron chi connectivity index (χ0n) is 48.2. The zero-order valence-corrected chi connectivity index (χ0v) is 48.2. The summed E-state index contributed by atoms with van der Waals surface area (Å²) in [4.78, 5) is 57.9. The number of ether oxygens (including phenoxy) is 6. The van der Waals surface area contributed by atoms with Crippen LogP contribution < -0.4 is 36.5 Å². The van der Waals surface area contributed by atoms with Gasteiger partial charge in [-0.1, -0.05) is 11.8 Å². The van der Waals surface area contributed by atoms with Gasteiger partial charge in [-0.2, -0.15) is 26.3 Å². The van der Waals surface area contributed by atoms with Gasteiger partial charge in [-0.05, 0) is 199 Å². The fourth-order valence-electron chi connectivity index (χ4n) is 6.97. The zero-order chi connectivity index (χ0) is 61.9. The molecule has 0 aliphatic rings. The largest absolute Gasteiger partial charge is 0.457 e. The summed E-state index contributed by atoms with van der Waals surface area (Å²) in [6.45, 7) is 21.3. The fraction of sp³-hybridized carbons (Fsp3) is 0.483. The predicted molar refractivity (Wildman–Crippen MR) is 296 cm³/mol. The van der Waals surface area contributed by atoms with E-state index in [4.69, 9.17) is 34.2 Å². The Morgan fingerprint density at radius 2 is 0.915 bits per heavy atom. The first-order valence-electron chi connectivity index (χ1n) is 26.0. The van der Waals surface area contributed by atoms with Crippen LogP contribution in [-0.4, -0.2) is 77.9 Å². The van der Waals surface area contributed by atoms with E-state index in [0.717, 1.165) is 36.4 Å². The number of nitro benzene ring substituents is 1. The average Bonchev–Trinajstić information content (AvgIpc) is 3.30. The third-order valence-electron chi connectivity index (χ3n) is 10.2. The van der Waals surface area contributed by atoms with E-state index in [-0.39, 0.29) is 61.0 Å². The molecule has 0 heterocycles. The first-order valence-corrected chi connectivity index (χ1v) is 26.0. The number of nitrogens with zero attached hydrogens (tertiary/aromatic N) is 1. The standard InChI is InChI=1S/C29H34F3N3O7.C29H40F3N3O5/c1-27(2,3)41-25(36)33-13-7-9-19-15-21(29(30,31)32)18-23(16-19)40-24-12-11-22(35(38)39)17-20(24)10-8-14-34-26(37)42-28(4,5)6;1-27(2,3)39-25(36)34-13-7-9-19-15-21(29(30,31)32)18-23(16-19)38-24-12-11-22(33)17-20(24)10-8-14-35-26(37)40-28(4,5)6/h11-12,15-18H,7,9,13-14H2,1-6H3,(H,33,36)(H,34,37);11-12,15-18H,7-10,13-14,33H2,1-6H3,(H,34,36)(H,35,37). The second-order valence-corrected chi connectivity index (χ2v) is 22.5. The second-order valence-electron chi connectivity index (χ2n) is 22.5. The van der Waals surface area contributed by atoms with Crippen LogP contribution in [0.4, 0.5) is 56.9 Å². The Morgan fingerprint density at radius 3 is 1.32 bits per heavy atom. The van der Waals surface area contributed by atoms with Crippen molar-refractivity contribution in [3.05, 3.63) is 116 Å². The van der Waals surface area contributed by atoms with Gasteiger partial charge in [-0.25, -0.2) is 19.2 Å². The van der Waals surface area contributed by atoms with E-state index in [1.165, 1.54) is 12.1 Å². The van der Waals surface area contributed by atoms with Crippen LogP contribution in [0.5, 0.6) is 23.0 Å². The van der Waals surface area contributed by atoms with Crippen LogP contribution in [0.25, 0.3) is 0 Å². The summed E-state index contributed by atoms with van der Waals surface area (Å²) in [7, 11) is 0. The molecule has 6 N–H and O–H groups in total. The number of anilines is 1. The molecule has 0 radical (unpaired) electrons. The Labute approximate surface area is 474 Å². The first kappa shape index (κ1) is 68.2. The molecule has 4 aromatic rings. The van der Waals surface area contributed by atoms with Crippen LogP contribution in [0.15, 0.2) is 72.8 Å². The van der Waals surface area contributed by atoms with Gasteiger partial charge < -0.3 is 55.4 Å². The number of amides is 4. The van der Waals surface area contributed by atoms with Crippen molar-refractivity contribution in [3.8, 4) is 34.8 Å². The molecular weight excluding hydrogens is 1090 g/mol. The number of alkyl carbamates (subject to hydrolysis) is 4. The maximum atomic E-state index is 13.7. The highest BCUT2D eigenvalue weighted by molar-refractivity contribution is 5.69. The molecule has 4 amide bonds. The molecule has 0 saturated heterocycles. The van der Waals surface area contributed by atoms with E-state index in [1.54, 1.807) is 107 Å². The molecule has 0 unspecified atom stereocenters. The lowest BCUT2D eigenvalue weighted by Gasteiger charge is -2.20. The van der Waals surface area contributed by atoms with Crippen LogP contribution in [0.1, 0.15) is 136 Å². The highest BCUT2D eigenvalue weighted by atomic mass is 19.4. The van der Waals surface area contributed by atoms with Gasteiger partial charge in [0.15, 0.2) is 0 Å². The van der Waals surface area contributed by atoms with Gasteiger partial charge in [0, 0.05) is 37.5 Å². The molecule has 18 nitrogen and oxygen atoms in total. The lowest BCUT2D eigenvalue weighted by Crippen LogP contribution is -2.33. The van der Waals surface area contributed by atoms with Crippen molar-refractivity contribution in [2.75, 3.05) is 31.9 Å². The molecule has 0 aliphatic heterocycles. The lowest BCUT2D eigenvalue weighted by atomic mass is 10.0. The average molecular weight is 1160 g/mol. The summed E-state index contributed by atoms with van der Waals surface area (Å²) < 4.78 is 114. The molecule has 0 aromatic heterocycles. The number of aryl methyl sites for hydroxylation is 3. The quantitative estimate of drug-likeness (QED) is 0.0119. The maximum absolute atomic E-state index is 13.7. The second kappa shape index (κ2) is 29.6. The van der Waals surface area contributed by atoms with E-state index < -0.39 is 75.2 Å². The van der Waals surface area contributed by atoms with Gasteiger partial charge in [0.2, 0.25) is 0 Å². The number of alkyl halides is 6. The third-order valence-corrected chi connectivity index (χ3v) is 10.2. The minimum Gasteiger partial charge on any atom is -0.457 e. The van der Waals surface area contributed by atoms with E-state index in [2.05, 4.69) is 33.1 Å². The van der Waals surface area contributed by atoms with Gasteiger partial charge in [0.05, 0.1) is 28.2 Å². The summed E-state index contributed by atoms with van der Waals surface area (Å²) in [6, 6.07) is 15.2. The van der Waals surface area contributed by atoms with Gasteiger partial charge in [-0.3, -0.25) is 10.1 Å². The number of nitrogens with one attached hydrogen (secondary N) is 4. The van der Waals surface area contributed by atoms with E-state index in [9.17, 15) is 55.6 Å². The summed E-state index contributed by atoms with van der Waals surface area (Å²) in [6.07, 6.45) is -9.55. The number of carbonyl (C=O) groups excluding carboxylic acids is 4. The minimum absolute atomic E-state index is 0.0238. The molecule has 0 spiro atoms. The third kappa shape index (κ3) is 27.9. The van der Waals surface area contributed by atoms with Gasteiger partial charge in [0.25, 0.3) is 5.69 Å². The predicted octanol–water partition coefficient (Wildman–Crippen LogP) is 13.7. The van der Waals surface area contributed by atoms with Gasteiger partial charge in [-0.15, -0.1) is 0 Å². The number of non-ortho nitro benzene ring substituents is 1. The van der Waals surface area contributed by atoms with Crippen LogP contribution in [-0.2, 0) is 50.6 Å². The Bertz CT molecular complexity index is 2890. The molecule has 450 valence electrons. The van der Waals surface area contributed by atoms with Crippen molar-refractivity contribution in [3.63, 3.8) is 0 Å². The van der Waals surface area contributed by atoms with Crippen LogP contribution in [0.3, 0.4) is 0 Å². The Hall–Kier alpha value is -8.10. The number of hydrogen-bond donors (Lipinski definition) is 5. The number of halogens is 6. The SMILES string of the molecule is CC(C)(C)OC(=O)NCC#Cc1cc([N+](=O)[O-])ccc1Oc1cc(CCCNC(=O)OC(C)(C)C)cc(C(F)(F)F)c1.CC(C)(C)OC(=O)NCCCc1cc(Oc2ccc(N)cc2CCCNC(=O)OC(C)(C)C)cc(C(F)(F)F)c1. The number of hydrogen-bond acceptors (Lipinski definition) is 13. The fourth-order valence-corrected chi connectivity index (χ4v) is 6.97. The number of carbonyl (C=O) groups is 4. The molecule has 82 heavy (non-hydrogen) atoms. The molecule has 4 rings (SSSR count). The normalized spacial score (nSPS) is 11.8. The van der Waals surface area contributed by atoms with Crippen molar-refractivity contribution in [1.82, 2.24) is 21.3 Å². The number of nitro groups is 1. The highest BCUT2D eigenvalue weighted by Crippen LogP contribution is 2.38. The molecule has 0 atom stereocenters. The monoisotopic (exact) mass is 1160 g/mol. The van der Waals surface area contributed by atoms with Crippen molar-refractivity contribution in [2.24, 2.45) is 0 Å². The van der Waals surface area contributed by atoms with Crippen molar-refractivity contribution in [1.29, 1.82) is 0 Å². The maximum Gasteiger partial charge on any atom is 0.416 e. The number of nitrogens with two attached hydrogens (primary N) is 1. The minimum atomic E-state index is -4.67.